The number of aryl methyl sites for hydroxylation is 1. The van der Waals surface area contributed by atoms with Gasteiger partial charge in [0.05, 0.1) is 19.0 Å². The van der Waals surface area contributed by atoms with Crippen molar-refractivity contribution in [3.05, 3.63) is 53.2 Å². The van der Waals surface area contributed by atoms with Crippen LogP contribution in [0.25, 0.3) is 21.9 Å². The molecule has 3 aromatic rings. The van der Waals surface area contributed by atoms with E-state index in [1.807, 2.05) is 18.3 Å². The van der Waals surface area contributed by atoms with Crippen molar-refractivity contribution < 1.29 is 23.8 Å². The van der Waals surface area contributed by atoms with E-state index < -0.39 is 18.4 Å². The lowest BCUT2D eigenvalue weighted by Crippen LogP contribution is -2.48. The number of pyridine rings is 2. The number of carbonyl (C=O) groups is 1. The van der Waals surface area contributed by atoms with Crippen molar-refractivity contribution in [2.24, 2.45) is 0 Å². The molecular formula is C25H28FN3O5. The summed E-state index contributed by atoms with van der Waals surface area (Å²) in [6, 6.07) is 7.19. The van der Waals surface area contributed by atoms with E-state index in [0.29, 0.717) is 23.4 Å². The zero-order valence-electron chi connectivity index (χ0n) is 19.2. The third-order valence-corrected chi connectivity index (χ3v) is 6.15. The van der Waals surface area contributed by atoms with Crippen LogP contribution in [-0.4, -0.2) is 58.1 Å². The number of rotatable bonds is 7. The smallest absolute Gasteiger partial charge is 0.407 e. The minimum Gasteiger partial charge on any atom is -0.493 e. The number of halogens is 1. The highest BCUT2D eigenvalue weighted by Gasteiger charge is 2.33. The van der Waals surface area contributed by atoms with E-state index in [0.717, 1.165) is 34.3 Å². The minimum absolute atomic E-state index is 0.0751. The molecule has 1 aliphatic heterocycles. The highest BCUT2D eigenvalue weighted by atomic mass is 19.1. The fraction of sp³-hybridized carbons (Fsp3) is 0.400. The number of methoxy groups -OCH3 is 1. The molecule has 2 aromatic heterocycles. The average molecular weight is 470 g/mol. The van der Waals surface area contributed by atoms with E-state index in [1.165, 1.54) is 7.11 Å². The number of piperidine rings is 1. The standard InChI is InChI=1S/C25H28FN3O5/c1-3-4-10-28-14-19(17-7-9-27-13-18(17)24(28)30)16-5-6-22(23(12-16)33-2)34-21-8-11-29(25(31)32)15-20(21)26/h5-7,9,12-14,20-21H,3-4,8,10-11,15H2,1-2H3,(H,31,32). The number of nitrogens with zero attached hydrogens (tertiary/aromatic N) is 3. The van der Waals surface area contributed by atoms with E-state index in [4.69, 9.17) is 14.6 Å². The second kappa shape index (κ2) is 10.1. The van der Waals surface area contributed by atoms with Gasteiger partial charge in [0.1, 0.15) is 6.10 Å². The Labute approximate surface area is 196 Å². The SMILES string of the molecule is CCCCn1cc(-c2ccc(OC3CCN(C(=O)O)CC3F)c(OC)c2)c2ccncc2c1=O. The lowest BCUT2D eigenvalue weighted by molar-refractivity contribution is 0.0236. The molecule has 0 spiro atoms. The van der Waals surface area contributed by atoms with Gasteiger partial charge >= 0.3 is 6.09 Å². The monoisotopic (exact) mass is 469 g/mol. The van der Waals surface area contributed by atoms with Crippen LogP contribution in [0.15, 0.2) is 47.7 Å². The van der Waals surface area contributed by atoms with E-state index >= 15 is 0 Å². The van der Waals surface area contributed by atoms with Gasteiger partial charge in [0, 0.05) is 43.7 Å². The molecule has 34 heavy (non-hydrogen) atoms. The van der Waals surface area contributed by atoms with Crippen LogP contribution in [0.2, 0.25) is 0 Å². The van der Waals surface area contributed by atoms with E-state index in [2.05, 4.69) is 11.9 Å². The molecule has 1 aromatic carbocycles. The van der Waals surface area contributed by atoms with Crippen LogP contribution in [0.4, 0.5) is 9.18 Å². The van der Waals surface area contributed by atoms with E-state index in [-0.39, 0.29) is 25.1 Å². The van der Waals surface area contributed by atoms with Gasteiger partial charge in [0.2, 0.25) is 0 Å². The van der Waals surface area contributed by atoms with Crippen molar-refractivity contribution in [2.75, 3.05) is 20.2 Å². The van der Waals surface area contributed by atoms with Crippen molar-refractivity contribution in [1.82, 2.24) is 14.5 Å². The molecule has 180 valence electrons. The normalized spacial score (nSPS) is 18.1. The number of ether oxygens (including phenoxy) is 2. The fourth-order valence-electron chi connectivity index (χ4n) is 4.25. The molecule has 4 rings (SSSR count). The van der Waals surface area contributed by atoms with E-state index in [1.54, 1.807) is 29.1 Å². The predicted molar refractivity (Wildman–Crippen MR) is 126 cm³/mol. The summed E-state index contributed by atoms with van der Waals surface area (Å²) < 4.78 is 27.7. The molecule has 2 atom stereocenters. The predicted octanol–water partition coefficient (Wildman–Crippen LogP) is 4.34. The molecular weight excluding hydrogens is 441 g/mol. The molecule has 2 unspecified atom stereocenters. The second-order valence-corrected chi connectivity index (χ2v) is 8.37. The van der Waals surface area contributed by atoms with Crippen molar-refractivity contribution in [3.63, 3.8) is 0 Å². The van der Waals surface area contributed by atoms with Crippen molar-refractivity contribution in [3.8, 4) is 22.6 Å². The van der Waals surface area contributed by atoms with E-state index in [9.17, 15) is 14.0 Å². The second-order valence-electron chi connectivity index (χ2n) is 8.37. The molecule has 1 saturated heterocycles. The number of amides is 1. The lowest BCUT2D eigenvalue weighted by atomic mass is 10.0. The van der Waals surface area contributed by atoms with Crippen molar-refractivity contribution in [1.29, 1.82) is 0 Å². The van der Waals surface area contributed by atoms with Crippen LogP contribution in [0.5, 0.6) is 11.5 Å². The zero-order chi connectivity index (χ0) is 24.2. The Morgan fingerprint density at radius 1 is 1.26 bits per heavy atom. The number of carboxylic acid groups (broad SMARTS) is 1. The van der Waals surface area contributed by atoms with Gasteiger partial charge in [0.25, 0.3) is 5.56 Å². The molecule has 1 fully saturated rings. The number of hydrogen-bond acceptors (Lipinski definition) is 5. The first-order valence-corrected chi connectivity index (χ1v) is 11.4. The van der Waals surface area contributed by atoms with Gasteiger partial charge in [-0.2, -0.15) is 0 Å². The average Bonchev–Trinajstić information content (AvgIpc) is 2.85. The highest BCUT2D eigenvalue weighted by molar-refractivity contribution is 5.95. The Hall–Kier alpha value is -3.62. The summed E-state index contributed by atoms with van der Waals surface area (Å²) in [6.07, 6.45) is 3.86. The summed E-state index contributed by atoms with van der Waals surface area (Å²) in [4.78, 5) is 29.2. The molecule has 0 bridgehead atoms. The van der Waals surface area contributed by atoms with Crippen molar-refractivity contribution >= 4 is 16.9 Å². The van der Waals surface area contributed by atoms with Crippen LogP contribution in [0, 0.1) is 0 Å². The summed E-state index contributed by atoms with van der Waals surface area (Å²) in [5, 5.41) is 10.4. The molecule has 1 N–H and O–H groups in total. The molecule has 0 aliphatic carbocycles. The van der Waals surface area contributed by atoms with Gasteiger partial charge in [-0.1, -0.05) is 19.4 Å². The Balaban J connectivity index is 1.67. The molecule has 1 aliphatic rings. The maximum atomic E-state index is 14.6. The van der Waals surface area contributed by atoms with Gasteiger partial charge < -0.3 is 24.0 Å². The number of hydrogen-bond donors (Lipinski definition) is 1. The maximum Gasteiger partial charge on any atom is 0.407 e. The zero-order valence-corrected chi connectivity index (χ0v) is 19.2. The number of unbranched alkanes of at least 4 members (excludes halogenated alkanes) is 1. The van der Waals surface area contributed by atoms with Crippen LogP contribution in [0.1, 0.15) is 26.2 Å². The van der Waals surface area contributed by atoms with Gasteiger partial charge in [-0.3, -0.25) is 9.78 Å². The Morgan fingerprint density at radius 3 is 2.79 bits per heavy atom. The van der Waals surface area contributed by atoms with Gasteiger partial charge in [-0.05, 0) is 35.6 Å². The summed E-state index contributed by atoms with van der Waals surface area (Å²) in [5.41, 5.74) is 1.60. The molecule has 9 heteroatoms. The topological polar surface area (TPSA) is 93.9 Å². The third kappa shape index (κ3) is 4.69. The quantitative estimate of drug-likeness (QED) is 0.553. The number of aromatic nitrogens is 2. The molecule has 0 saturated carbocycles. The van der Waals surface area contributed by atoms with Crippen LogP contribution in [0.3, 0.4) is 0 Å². The first-order chi connectivity index (χ1) is 16.4. The first kappa shape index (κ1) is 23.5. The molecule has 8 nitrogen and oxygen atoms in total. The first-order valence-electron chi connectivity index (χ1n) is 11.4. The number of fused-ring (bicyclic) bond motifs is 1. The highest BCUT2D eigenvalue weighted by Crippen LogP contribution is 2.36. The number of likely N-dealkylation sites (tertiary alicyclic amines) is 1. The van der Waals surface area contributed by atoms with Gasteiger partial charge in [-0.15, -0.1) is 0 Å². The molecule has 3 heterocycles. The summed E-state index contributed by atoms with van der Waals surface area (Å²) in [7, 11) is 1.51. The van der Waals surface area contributed by atoms with Crippen molar-refractivity contribution in [2.45, 2.75) is 45.0 Å². The third-order valence-electron chi connectivity index (χ3n) is 6.15. The largest absolute Gasteiger partial charge is 0.493 e. The maximum absolute atomic E-state index is 14.6. The fourth-order valence-corrected chi connectivity index (χ4v) is 4.25. The molecule has 1 amide bonds. The van der Waals surface area contributed by atoms with Crippen LogP contribution >= 0.6 is 0 Å². The lowest BCUT2D eigenvalue weighted by Gasteiger charge is -2.33. The van der Waals surface area contributed by atoms with Crippen LogP contribution in [-0.2, 0) is 6.54 Å². The van der Waals surface area contributed by atoms with Gasteiger partial charge in [-0.25, -0.2) is 9.18 Å². The molecule has 0 radical (unpaired) electrons. The minimum atomic E-state index is -1.44. The summed E-state index contributed by atoms with van der Waals surface area (Å²) in [5.74, 6) is 0.812. The Bertz CT molecular complexity index is 1240. The Morgan fingerprint density at radius 2 is 2.09 bits per heavy atom. The summed E-state index contributed by atoms with van der Waals surface area (Å²) >= 11 is 0. The summed E-state index contributed by atoms with van der Waals surface area (Å²) in [6.45, 7) is 2.67. The number of benzene rings is 1. The Kier molecular flexibility index (Phi) is 7.00. The van der Waals surface area contributed by atoms with Crippen LogP contribution < -0.4 is 15.0 Å². The van der Waals surface area contributed by atoms with Gasteiger partial charge in [0.15, 0.2) is 17.7 Å². The number of alkyl halides is 1.